The number of aryl methyl sites for hydroxylation is 1. The molecule has 1 aromatic rings. The monoisotopic (exact) mass is 193 g/mol. The van der Waals surface area contributed by atoms with Crippen molar-refractivity contribution in [3.63, 3.8) is 0 Å². The van der Waals surface area contributed by atoms with Crippen LogP contribution in [0.3, 0.4) is 0 Å². The molecule has 0 aliphatic carbocycles. The van der Waals surface area contributed by atoms with Crippen molar-refractivity contribution in [2.75, 3.05) is 11.9 Å². The van der Waals surface area contributed by atoms with E-state index in [0.717, 1.165) is 5.56 Å². The third-order valence-electron chi connectivity index (χ3n) is 2.47. The lowest BCUT2D eigenvalue weighted by molar-refractivity contribution is -0.118. The standard InChI is InChI=1S/C10H11NO3/c1-11-9(14)3-2-6-4-7(12)5-8(13)10(6)11/h4-5,12-13H,2-3H2,1H3. The van der Waals surface area contributed by atoms with E-state index in [9.17, 15) is 15.0 Å². The van der Waals surface area contributed by atoms with E-state index in [-0.39, 0.29) is 17.4 Å². The van der Waals surface area contributed by atoms with Gasteiger partial charge in [0.2, 0.25) is 5.91 Å². The third kappa shape index (κ3) is 1.19. The fourth-order valence-corrected chi connectivity index (χ4v) is 1.77. The minimum absolute atomic E-state index is 0.0153. The first-order valence-electron chi connectivity index (χ1n) is 4.41. The number of phenols is 2. The zero-order valence-corrected chi connectivity index (χ0v) is 7.82. The van der Waals surface area contributed by atoms with Gasteiger partial charge < -0.3 is 15.1 Å². The fourth-order valence-electron chi connectivity index (χ4n) is 1.77. The Morgan fingerprint density at radius 2 is 2.00 bits per heavy atom. The van der Waals surface area contributed by atoms with Crippen molar-refractivity contribution in [3.05, 3.63) is 17.7 Å². The lowest BCUT2D eigenvalue weighted by atomic mass is 10.0. The number of phenolic OH excluding ortho intramolecular Hbond substituents is 2. The second-order valence-electron chi connectivity index (χ2n) is 3.43. The van der Waals surface area contributed by atoms with Gasteiger partial charge in [-0.1, -0.05) is 0 Å². The highest BCUT2D eigenvalue weighted by molar-refractivity contribution is 5.97. The summed E-state index contributed by atoms with van der Waals surface area (Å²) in [5.74, 6) is -0.0296. The van der Waals surface area contributed by atoms with E-state index in [4.69, 9.17) is 0 Å². The number of anilines is 1. The van der Waals surface area contributed by atoms with Gasteiger partial charge in [-0.25, -0.2) is 0 Å². The Labute approximate surface area is 81.4 Å². The molecule has 1 aliphatic rings. The van der Waals surface area contributed by atoms with E-state index in [1.165, 1.54) is 11.0 Å². The minimum Gasteiger partial charge on any atom is -0.508 e. The molecule has 0 saturated heterocycles. The highest BCUT2D eigenvalue weighted by atomic mass is 16.3. The average Bonchev–Trinajstić information content (AvgIpc) is 2.10. The summed E-state index contributed by atoms with van der Waals surface area (Å²) < 4.78 is 0. The summed E-state index contributed by atoms with van der Waals surface area (Å²) in [4.78, 5) is 12.8. The molecule has 1 amide bonds. The molecule has 0 atom stereocenters. The molecule has 0 saturated carbocycles. The van der Waals surface area contributed by atoms with Crippen LogP contribution >= 0.6 is 0 Å². The lowest BCUT2D eigenvalue weighted by Gasteiger charge is -2.26. The topological polar surface area (TPSA) is 60.8 Å². The van der Waals surface area contributed by atoms with Crippen molar-refractivity contribution in [3.8, 4) is 11.5 Å². The van der Waals surface area contributed by atoms with Gasteiger partial charge in [-0.3, -0.25) is 4.79 Å². The van der Waals surface area contributed by atoms with Crippen LogP contribution in [0, 0.1) is 0 Å². The second kappa shape index (κ2) is 2.90. The average molecular weight is 193 g/mol. The normalized spacial score (nSPS) is 15.5. The molecule has 2 N–H and O–H groups in total. The van der Waals surface area contributed by atoms with Crippen molar-refractivity contribution in [2.24, 2.45) is 0 Å². The van der Waals surface area contributed by atoms with Crippen LogP contribution in [0.2, 0.25) is 0 Å². The Hall–Kier alpha value is -1.71. The Morgan fingerprint density at radius 1 is 1.29 bits per heavy atom. The number of nitrogens with zero attached hydrogens (tertiary/aromatic N) is 1. The van der Waals surface area contributed by atoms with Crippen LogP contribution in [0.5, 0.6) is 11.5 Å². The van der Waals surface area contributed by atoms with Crippen molar-refractivity contribution in [2.45, 2.75) is 12.8 Å². The van der Waals surface area contributed by atoms with Crippen molar-refractivity contribution in [1.29, 1.82) is 0 Å². The van der Waals surface area contributed by atoms with Crippen LogP contribution in [0.25, 0.3) is 0 Å². The fraction of sp³-hybridized carbons (Fsp3) is 0.300. The molecule has 74 valence electrons. The van der Waals surface area contributed by atoms with E-state index in [2.05, 4.69) is 0 Å². The molecular weight excluding hydrogens is 182 g/mol. The maximum absolute atomic E-state index is 11.3. The highest BCUT2D eigenvalue weighted by Gasteiger charge is 2.24. The number of hydrogen-bond acceptors (Lipinski definition) is 3. The Bertz CT molecular complexity index is 401. The quantitative estimate of drug-likeness (QED) is 0.646. The summed E-state index contributed by atoms with van der Waals surface area (Å²) in [5.41, 5.74) is 1.32. The molecular formula is C10H11NO3. The molecule has 0 radical (unpaired) electrons. The van der Waals surface area contributed by atoms with Gasteiger partial charge in [-0.2, -0.15) is 0 Å². The van der Waals surface area contributed by atoms with E-state index in [1.807, 2.05) is 0 Å². The van der Waals surface area contributed by atoms with Gasteiger partial charge in [-0.05, 0) is 18.1 Å². The molecule has 0 fully saturated rings. The first-order valence-corrected chi connectivity index (χ1v) is 4.41. The SMILES string of the molecule is CN1C(=O)CCc2cc(O)cc(O)c21. The Morgan fingerprint density at radius 3 is 2.71 bits per heavy atom. The van der Waals surface area contributed by atoms with E-state index < -0.39 is 0 Å². The summed E-state index contributed by atoms with van der Waals surface area (Å²) >= 11 is 0. The first kappa shape index (κ1) is 8.87. The van der Waals surface area contributed by atoms with Gasteiger partial charge in [0.15, 0.2) is 0 Å². The Balaban J connectivity index is 2.60. The van der Waals surface area contributed by atoms with Gasteiger partial charge in [-0.15, -0.1) is 0 Å². The molecule has 1 aromatic carbocycles. The molecule has 14 heavy (non-hydrogen) atoms. The number of amides is 1. The van der Waals surface area contributed by atoms with Gasteiger partial charge in [0.1, 0.15) is 11.5 Å². The number of rotatable bonds is 0. The van der Waals surface area contributed by atoms with E-state index in [1.54, 1.807) is 13.1 Å². The molecule has 4 nitrogen and oxygen atoms in total. The van der Waals surface area contributed by atoms with Gasteiger partial charge in [0.25, 0.3) is 0 Å². The maximum Gasteiger partial charge on any atom is 0.227 e. The first-order chi connectivity index (χ1) is 6.59. The number of carbonyl (C=O) groups is 1. The number of aromatic hydroxyl groups is 2. The molecule has 1 aliphatic heterocycles. The summed E-state index contributed by atoms with van der Waals surface area (Å²) in [6, 6.07) is 2.83. The zero-order valence-electron chi connectivity index (χ0n) is 7.82. The van der Waals surface area contributed by atoms with Gasteiger partial charge >= 0.3 is 0 Å². The molecule has 0 spiro atoms. The molecule has 0 bridgehead atoms. The van der Waals surface area contributed by atoms with Gasteiger partial charge in [0, 0.05) is 19.5 Å². The van der Waals surface area contributed by atoms with Crippen LogP contribution in [0.15, 0.2) is 12.1 Å². The minimum atomic E-state index is -0.0458. The van der Waals surface area contributed by atoms with E-state index >= 15 is 0 Å². The van der Waals surface area contributed by atoms with Crippen LogP contribution in [0.4, 0.5) is 5.69 Å². The summed E-state index contributed by atoms with van der Waals surface area (Å²) in [7, 11) is 1.62. The second-order valence-corrected chi connectivity index (χ2v) is 3.43. The summed E-state index contributed by atoms with van der Waals surface area (Å²) in [5, 5.41) is 18.8. The molecule has 0 unspecified atom stereocenters. The van der Waals surface area contributed by atoms with Crippen molar-refractivity contribution >= 4 is 11.6 Å². The summed E-state index contributed by atoms with van der Waals surface area (Å²) in [6.07, 6.45) is 0.993. The number of fused-ring (bicyclic) bond motifs is 1. The number of hydrogen-bond donors (Lipinski definition) is 2. The number of benzene rings is 1. The molecule has 0 aromatic heterocycles. The lowest BCUT2D eigenvalue weighted by Crippen LogP contribution is -2.31. The molecule has 1 heterocycles. The Kier molecular flexibility index (Phi) is 1.84. The maximum atomic E-state index is 11.3. The smallest absolute Gasteiger partial charge is 0.227 e. The van der Waals surface area contributed by atoms with Crippen LogP contribution in [-0.2, 0) is 11.2 Å². The highest BCUT2D eigenvalue weighted by Crippen LogP contribution is 2.38. The van der Waals surface area contributed by atoms with E-state index in [0.29, 0.717) is 18.5 Å². The molecule has 2 rings (SSSR count). The largest absolute Gasteiger partial charge is 0.508 e. The predicted molar refractivity (Wildman–Crippen MR) is 51.5 cm³/mol. The predicted octanol–water partition coefficient (Wildman–Crippen LogP) is 1.01. The number of carbonyl (C=O) groups excluding carboxylic acids is 1. The zero-order chi connectivity index (χ0) is 10.3. The third-order valence-corrected chi connectivity index (χ3v) is 2.47. The van der Waals surface area contributed by atoms with Crippen LogP contribution in [0.1, 0.15) is 12.0 Å². The van der Waals surface area contributed by atoms with Crippen molar-refractivity contribution < 1.29 is 15.0 Å². The van der Waals surface area contributed by atoms with Crippen LogP contribution < -0.4 is 4.90 Å². The van der Waals surface area contributed by atoms with Crippen LogP contribution in [-0.4, -0.2) is 23.2 Å². The van der Waals surface area contributed by atoms with Crippen molar-refractivity contribution in [1.82, 2.24) is 0 Å². The molecule has 4 heteroatoms. The van der Waals surface area contributed by atoms with Gasteiger partial charge in [0.05, 0.1) is 5.69 Å². The summed E-state index contributed by atoms with van der Waals surface area (Å²) in [6.45, 7) is 0.